The van der Waals surface area contributed by atoms with Gasteiger partial charge in [-0.25, -0.2) is 0 Å². The first-order valence-corrected chi connectivity index (χ1v) is 9.04. The third-order valence-corrected chi connectivity index (χ3v) is 4.62. The van der Waals surface area contributed by atoms with Crippen LogP contribution >= 0.6 is 12.4 Å². The second-order valence-corrected chi connectivity index (χ2v) is 7.27. The van der Waals surface area contributed by atoms with Gasteiger partial charge in [0.25, 0.3) is 0 Å². The highest BCUT2D eigenvalue weighted by molar-refractivity contribution is 5.98. The summed E-state index contributed by atoms with van der Waals surface area (Å²) in [6.07, 6.45) is 2.70. The molecular weight excluding hydrogens is 336 g/mol. The second kappa shape index (κ2) is 10.6. The number of likely N-dealkylation sites (tertiary alicyclic amines) is 1. The van der Waals surface area contributed by atoms with Gasteiger partial charge in [0.05, 0.1) is 0 Å². The van der Waals surface area contributed by atoms with Crippen LogP contribution in [0.15, 0.2) is 24.3 Å². The highest BCUT2D eigenvalue weighted by Gasteiger charge is 2.25. The Morgan fingerprint density at radius 2 is 1.88 bits per heavy atom. The number of Topliss-reactive ketones (excluding diaryl/α,β-unsaturated/α-hetero) is 1. The standard InChI is InChI=1S/C20H30N2O2.ClH/c1-15(2)12-16-4-6-18(7-5-16)19(23)8-9-20(24)22-11-10-17(14-22)13-21-3;/h4-7,15,17,21H,8-14H2,1-3H3;1H. The topological polar surface area (TPSA) is 49.4 Å². The van der Waals surface area contributed by atoms with Gasteiger partial charge >= 0.3 is 0 Å². The Morgan fingerprint density at radius 3 is 2.48 bits per heavy atom. The molecule has 1 aromatic carbocycles. The number of hydrogen-bond donors (Lipinski definition) is 1. The summed E-state index contributed by atoms with van der Waals surface area (Å²) in [5.74, 6) is 1.32. The summed E-state index contributed by atoms with van der Waals surface area (Å²) in [5, 5.41) is 3.16. The number of nitrogens with zero attached hydrogens (tertiary/aromatic N) is 1. The molecule has 1 aliphatic rings. The van der Waals surface area contributed by atoms with E-state index in [1.54, 1.807) is 0 Å². The van der Waals surface area contributed by atoms with Crippen LogP contribution in [0.25, 0.3) is 0 Å². The van der Waals surface area contributed by atoms with Crippen LogP contribution in [0, 0.1) is 11.8 Å². The van der Waals surface area contributed by atoms with Gasteiger partial charge in [-0.1, -0.05) is 38.1 Å². The van der Waals surface area contributed by atoms with Crippen LogP contribution in [0.4, 0.5) is 0 Å². The van der Waals surface area contributed by atoms with Crippen molar-refractivity contribution in [3.8, 4) is 0 Å². The normalized spacial score (nSPS) is 16.8. The van der Waals surface area contributed by atoms with Crippen molar-refractivity contribution in [1.29, 1.82) is 0 Å². The Kier molecular flexibility index (Phi) is 9.15. The molecule has 4 nitrogen and oxygen atoms in total. The maximum absolute atomic E-state index is 12.3. The molecule has 1 aliphatic heterocycles. The van der Waals surface area contributed by atoms with Gasteiger partial charge in [-0.05, 0) is 43.8 Å². The molecule has 1 N–H and O–H groups in total. The lowest BCUT2D eigenvalue weighted by atomic mass is 9.99. The van der Waals surface area contributed by atoms with Gasteiger partial charge in [0, 0.05) is 31.5 Å². The number of hydrogen-bond acceptors (Lipinski definition) is 3. The molecule has 1 amide bonds. The van der Waals surface area contributed by atoms with Gasteiger partial charge in [0.2, 0.25) is 5.91 Å². The Balaban J connectivity index is 0.00000312. The largest absolute Gasteiger partial charge is 0.342 e. The van der Waals surface area contributed by atoms with E-state index < -0.39 is 0 Å². The molecule has 1 heterocycles. The van der Waals surface area contributed by atoms with Crippen LogP contribution in [0.2, 0.25) is 0 Å². The third-order valence-electron chi connectivity index (χ3n) is 4.62. The zero-order valence-corrected chi connectivity index (χ0v) is 16.4. The van der Waals surface area contributed by atoms with Gasteiger partial charge in [-0.2, -0.15) is 0 Å². The molecule has 1 unspecified atom stereocenters. The highest BCUT2D eigenvalue weighted by Crippen LogP contribution is 2.17. The van der Waals surface area contributed by atoms with Crippen molar-refractivity contribution in [2.24, 2.45) is 11.8 Å². The summed E-state index contributed by atoms with van der Waals surface area (Å²) in [6, 6.07) is 7.84. The summed E-state index contributed by atoms with van der Waals surface area (Å²) in [4.78, 5) is 26.4. The molecule has 25 heavy (non-hydrogen) atoms. The average Bonchev–Trinajstić information content (AvgIpc) is 3.01. The van der Waals surface area contributed by atoms with Gasteiger partial charge < -0.3 is 10.2 Å². The number of carbonyl (C=O) groups excluding carboxylic acids is 2. The highest BCUT2D eigenvalue weighted by atomic mass is 35.5. The van der Waals surface area contributed by atoms with Crippen molar-refractivity contribution in [1.82, 2.24) is 10.2 Å². The van der Waals surface area contributed by atoms with E-state index in [1.165, 1.54) is 5.56 Å². The zero-order chi connectivity index (χ0) is 17.5. The smallest absolute Gasteiger partial charge is 0.223 e. The van der Waals surface area contributed by atoms with E-state index in [4.69, 9.17) is 0 Å². The molecule has 0 saturated carbocycles. The molecule has 0 aromatic heterocycles. The minimum absolute atomic E-state index is 0. The van der Waals surface area contributed by atoms with Crippen LogP contribution in [-0.4, -0.2) is 43.3 Å². The van der Waals surface area contributed by atoms with Crippen molar-refractivity contribution >= 4 is 24.1 Å². The SMILES string of the molecule is CNCC1CCN(C(=O)CCC(=O)c2ccc(CC(C)C)cc2)C1.Cl. The summed E-state index contributed by atoms with van der Waals surface area (Å²) >= 11 is 0. The van der Waals surface area contributed by atoms with Crippen LogP contribution in [0.3, 0.4) is 0 Å². The maximum Gasteiger partial charge on any atom is 0.223 e. The number of halogens is 1. The molecule has 1 atom stereocenters. The second-order valence-electron chi connectivity index (χ2n) is 7.27. The number of rotatable bonds is 8. The molecule has 1 fully saturated rings. The van der Waals surface area contributed by atoms with Gasteiger partial charge in [-0.15, -0.1) is 12.4 Å². The maximum atomic E-state index is 12.3. The Labute approximate surface area is 157 Å². The van der Waals surface area contributed by atoms with Crippen LogP contribution in [0.5, 0.6) is 0 Å². The zero-order valence-electron chi connectivity index (χ0n) is 15.6. The van der Waals surface area contributed by atoms with Crippen molar-refractivity contribution in [2.75, 3.05) is 26.7 Å². The lowest BCUT2D eigenvalue weighted by molar-refractivity contribution is -0.130. The molecule has 140 valence electrons. The van der Waals surface area contributed by atoms with E-state index in [0.29, 0.717) is 30.2 Å². The summed E-state index contributed by atoms with van der Waals surface area (Å²) in [6.45, 7) is 6.96. The lowest BCUT2D eigenvalue weighted by Crippen LogP contribution is -2.30. The van der Waals surface area contributed by atoms with Crippen LogP contribution in [-0.2, 0) is 11.2 Å². The molecular formula is C20H31ClN2O2. The van der Waals surface area contributed by atoms with E-state index in [0.717, 1.165) is 32.5 Å². The first-order chi connectivity index (χ1) is 11.5. The monoisotopic (exact) mass is 366 g/mol. The molecule has 2 rings (SSSR count). The predicted octanol–water partition coefficient (Wildman–Crippen LogP) is 3.34. The van der Waals surface area contributed by atoms with Crippen molar-refractivity contribution in [3.05, 3.63) is 35.4 Å². The summed E-state index contributed by atoms with van der Waals surface area (Å²) < 4.78 is 0. The minimum atomic E-state index is 0. The number of amides is 1. The molecule has 5 heteroatoms. The number of nitrogens with one attached hydrogen (secondary N) is 1. The quantitative estimate of drug-likeness (QED) is 0.718. The molecule has 1 saturated heterocycles. The van der Waals surface area contributed by atoms with E-state index >= 15 is 0 Å². The number of ketones is 1. The van der Waals surface area contributed by atoms with Crippen LogP contribution < -0.4 is 5.32 Å². The molecule has 0 radical (unpaired) electrons. The van der Waals surface area contributed by atoms with E-state index in [-0.39, 0.29) is 24.1 Å². The first-order valence-electron chi connectivity index (χ1n) is 9.04. The summed E-state index contributed by atoms with van der Waals surface area (Å²) in [7, 11) is 1.94. The van der Waals surface area contributed by atoms with E-state index in [2.05, 4.69) is 19.2 Å². The Hall–Kier alpha value is -1.39. The fraction of sp³-hybridized carbons (Fsp3) is 0.600. The first kappa shape index (κ1) is 21.7. The van der Waals surface area contributed by atoms with Gasteiger partial charge in [0.1, 0.15) is 0 Å². The molecule has 0 aliphatic carbocycles. The Bertz CT molecular complexity index is 557. The molecule has 1 aromatic rings. The summed E-state index contributed by atoms with van der Waals surface area (Å²) in [5.41, 5.74) is 1.97. The van der Waals surface area contributed by atoms with Gasteiger partial charge in [0.15, 0.2) is 5.78 Å². The molecule has 0 bridgehead atoms. The van der Waals surface area contributed by atoms with Crippen molar-refractivity contribution in [3.63, 3.8) is 0 Å². The van der Waals surface area contributed by atoms with E-state index in [9.17, 15) is 9.59 Å². The Morgan fingerprint density at radius 1 is 1.20 bits per heavy atom. The fourth-order valence-electron chi connectivity index (χ4n) is 3.34. The van der Waals surface area contributed by atoms with E-state index in [1.807, 2.05) is 36.2 Å². The number of carbonyl (C=O) groups is 2. The average molecular weight is 367 g/mol. The number of benzene rings is 1. The van der Waals surface area contributed by atoms with Crippen LogP contribution in [0.1, 0.15) is 49.0 Å². The van der Waals surface area contributed by atoms with Gasteiger partial charge in [-0.3, -0.25) is 9.59 Å². The predicted molar refractivity (Wildman–Crippen MR) is 104 cm³/mol. The third kappa shape index (κ3) is 6.79. The fourth-order valence-corrected chi connectivity index (χ4v) is 3.34. The molecule has 0 spiro atoms. The lowest BCUT2D eigenvalue weighted by Gasteiger charge is -2.16. The minimum Gasteiger partial charge on any atom is -0.342 e. The van der Waals surface area contributed by atoms with Crippen molar-refractivity contribution in [2.45, 2.75) is 39.5 Å². The van der Waals surface area contributed by atoms with Crippen molar-refractivity contribution < 1.29 is 9.59 Å².